The van der Waals surface area contributed by atoms with Crippen LogP contribution in [0.2, 0.25) is 0 Å². The van der Waals surface area contributed by atoms with Crippen molar-refractivity contribution in [2.75, 3.05) is 6.61 Å². The van der Waals surface area contributed by atoms with Crippen molar-refractivity contribution in [3.63, 3.8) is 0 Å². The van der Waals surface area contributed by atoms with Crippen molar-refractivity contribution in [2.45, 2.75) is 39.0 Å². The third-order valence-corrected chi connectivity index (χ3v) is 4.17. The lowest BCUT2D eigenvalue weighted by molar-refractivity contribution is -0.151. The molecule has 0 amide bonds. The lowest BCUT2D eigenvalue weighted by Gasteiger charge is -2.24. The number of carbonyl (C=O) groups excluding carboxylic acids is 1. The summed E-state index contributed by atoms with van der Waals surface area (Å²) in [6.07, 6.45) is 1.13. The zero-order valence-corrected chi connectivity index (χ0v) is 12.7. The van der Waals surface area contributed by atoms with Gasteiger partial charge in [-0.2, -0.15) is 16.3 Å². The summed E-state index contributed by atoms with van der Waals surface area (Å²) in [5, 5.41) is 7.87. The Labute approximate surface area is 122 Å². The molecule has 0 unspecified atom stereocenters. The molecule has 5 nitrogen and oxygen atoms in total. The molecule has 0 bridgehead atoms. The zero-order chi connectivity index (χ0) is 14.6. The predicted octanol–water partition coefficient (Wildman–Crippen LogP) is 3.42. The molecule has 2 rings (SSSR count). The van der Waals surface area contributed by atoms with Gasteiger partial charge < -0.3 is 9.26 Å². The molecule has 2 heterocycles. The van der Waals surface area contributed by atoms with E-state index in [1.54, 1.807) is 18.3 Å². The minimum atomic E-state index is -0.850. The fourth-order valence-corrected chi connectivity index (χ4v) is 2.76. The van der Waals surface area contributed by atoms with Crippen LogP contribution < -0.4 is 0 Å². The Balaban J connectivity index is 2.37. The van der Waals surface area contributed by atoms with Crippen LogP contribution in [0, 0.1) is 0 Å². The summed E-state index contributed by atoms with van der Waals surface area (Å²) in [4.78, 5) is 16.7. The Kier molecular flexibility index (Phi) is 4.54. The molecule has 0 atom stereocenters. The molecule has 0 aliphatic rings. The Bertz CT molecular complexity index is 559. The number of thiophene rings is 1. The largest absolute Gasteiger partial charge is 0.465 e. The molecule has 0 radical (unpaired) electrons. The highest BCUT2D eigenvalue weighted by molar-refractivity contribution is 7.08. The van der Waals surface area contributed by atoms with E-state index in [0.29, 0.717) is 31.2 Å². The molecule has 0 saturated heterocycles. The number of aromatic nitrogens is 2. The van der Waals surface area contributed by atoms with Gasteiger partial charge in [0.25, 0.3) is 0 Å². The van der Waals surface area contributed by atoms with Crippen molar-refractivity contribution < 1.29 is 14.1 Å². The Morgan fingerprint density at radius 1 is 1.40 bits per heavy atom. The topological polar surface area (TPSA) is 65.2 Å². The lowest BCUT2D eigenvalue weighted by Crippen LogP contribution is -2.36. The van der Waals surface area contributed by atoms with Gasteiger partial charge >= 0.3 is 5.97 Å². The molecule has 0 spiro atoms. The van der Waals surface area contributed by atoms with E-state index in [1.165, 1.54) is 0 Å². The first-order valence-electron chi connectivity index (χ1n) is 6.71. The number of ether oxygens (including phenoxy) is 1. The van der Waals surface area contributed by atoms with Crippen LogP contribution in [0.15, 0.2) is 21.3 Å². The fraction of sp³-hybridized carbons (Fsp3) is 0.500. The first-order chi connectivity index (χ1) is 9.67. The summed E-state index contributed by atoms with van der Waals surface area (Å²) in [5.41, 5.74) is 0.0482. The zero-order valence-electron chi connectivity index (χ0n) is 11.9. The number of nitrogens with zero attached hydrogens (tertiary/aromatic N) is 2. The second kappa shape index (κ2) is 6.17. The average molecular weight is 294 g/mol. The van der Waals surface area contributed by atoms with Crippen molar-refractivity contribution in [1.29, 1.82) is 0 Å². The van der Waals surface area contributed by atoms with Gasteiger partial charge in [0.05, 0.1) is 6.61 Å². The second-order valence-electron chi connectivity index (χ2n) is 4.44. The van der Waals surface area contributed by atoms with E-state index in [2.05, 4.69) is 10.1 Å². The van der Waals surface area contributed by atoms with Crippen LogP contribution >= 0.6 is 11.3 Å². The average Bonchev–Trinajstić information content (AvgIpc) is 3.12. The number of esters is 1. The Hall–Kier alpha value is -1.69. The molecule has 20 heavy (non-hydrogen) atoms. The normalized spacial score (nSPS) is 11.6. The quantitative estimate of drug-likeness (QED) is 0.764. The van der Waals surface area contributed by atoms with Crippen LogP contribution in [0.5, 0.6) is 0 Å². The van der Waals surface area contributed by atoms with Crippen LogP contribution in [0.25, 0.3) is 11.4 Å². The monoisotopic (exact) mass is 294 g/mol. The summed E-state index contributed by atoms with van der Waals surface area (Å²) in [6, 6.07) is 1.92. The molecule has 0 saturated carbocycles. The predicted molar refractivity (Wildman–Crippen MR) is 76.5 cm³/mol. The fourth-order valence-electron chi connectivity index (χ4n) is 2.12. The third-order valence-electron chi connectivity index (χ3n) is 3.49. The summed E-state index contributed by atoms with van der Waals surface area (Å²) in [5.74, 6) is 0.546. The third kappa shape index (κ3) is 2.47. The molecule has 0 aromatic carbocycles. The molecule has 0 aliphatic carbocycles. The maximum absolute atomic E-state index is 12.3. The van der Waals surface area contributed by atoms with Gasteiger partial charge in [-0.15, -0.1) is 0 Å². The maximum Gasteiger partial charge on any atom is 0.321 e. The van der Waals surface area contributed by atoms with Gasteiger partial charge in [0.1, 0.15) is 5.41 Å². The first-order valence-corrected chi connectivity index (χ1v) is 7.66. The van der Waals surface area contributed by atoms with Crippen LogP contribution in [0.3, 0.4) is 0 Å². The van der Waals surface area contributed by atoms with Crippen LogP contribution in [-0.2, 0) is 14.9 Å². The summed E-state index contributed by atoms with van der Waals surface area (Å²) < 4.78 is 10.5. The van der Waals surface area contributed by atoms with Gasteiger partial charge in [0, 0.05) is 10.9 Å². The van der Waals surface area contributed by atoms with E-state index in [4.69, 9.17) is 9.26 Å². The highest BCUT2D eigenvalue weighted by atomic mass is 32.1. The van der Waals surface area contributed by atoms with Crippen molar-refractivity contribution >= 4 is 17.3 Å². The van der Waals surface area contributed by atoms with Gasteiger partial charge in [-0.3, -0.25) is 4.79 Å². The van der Waals surface area contributed by atoms with Gasteiger partial charge in [0.2, 0.25) is 11.7 Å². The van der Waals surface area contributed by atoms with Crippen molar-refractivity contribution in [3.8, 4) is 11.4 Å². The first kappa shape index (κ1) is 14.7. The van der Waals surface area contributed by atoms with E-state index in [-0.39, 0.29) is 5.97 Å². The number of hydrogen-bond donors (Lipinski definition) is 0. The van der Waals surface area contributed by atoms with Crippen LogP contribution in [-0.4, -0.2) is 22.7 Å². The molecule has 2 aromatic rings. The second-order valence-corrected chi connectivity index (χ2v) is 5.22. The molecule has 6 heteroatoms. The minimum Gasteiger partial charge on any atom is -0.465 e. The van der Waals surface area contributed by atoms with E-state index in [0.717, 1.165) is 5.56 Å². The minimum absolute atomic E-state index is 0.300. The van der Waals surface area contributed by atoms with E-state index >= 15 is 0 Å². The molecular formula is C14H18N2O3S. The number of hydrogen-bond acceptors (Lipinski definition) is 6. The van der Waals surface area contributed by atoms with Crippen molar-refractivity contribution in [1.82, 2.24) is 10.1 Å². The summed E-state index contributed by atoms with van der Waals surface area (Å²) >= 11 is 1.56. The maximum atomic E-state index is 12.3. The highest BCUT2D eigenvalue weighted by Crippen LogP contribution is 2.33. The standard InChI is InChI=1S/C14H18N2O3S/c1-4-14(5-2,13(17)18-6-3)12-15-11(16-19-12)10-7-8-20-9-10/h7-9H,4-6H2,1-3H3. The van der Waals surface area contributed by atoms with Crippen molar-refractivity contribution in [3.05, 3.63) is 22.7 Å². The van der Waals surface area contributed by atoms with Crippen LogP contribution in [0.1, 0.15) is 39.5 Å². The Morgan fingerprint density at radius 2 is 2.15 bits per heavy atom. The number of carbonyl (C=O) groups is 1. The summed E-state index contributed by atoms with van der Waals surface area (Å²) in [7, 11) is 0. The van der Waals surface area contributed by atoms with Gasteiger partial charge in [-0.1, -0.05) is 19.0 Å². The van der Waals surface area contributed by atoms with Crippen molar-refractivity contribution in [2.24, 2.45) is 0 Å². The van der Waals surface area contributed by atoms with Gasteiger partial charge in [-0.25, -0.2) is 0 Å². The van der Waals surface area contributed by atoms with Crippen LogP contribution in [0.4, 0.5) is 0 Å². The number of rotatable bonds is 6. The SMILES string of the molecule is CCOC(=O)C(CC)(CC)c1nc(-c2ccsc2)no1. The van der Waals surface area contributed by atoms with E-state index < -0.39 is 5.41 Å². The van der Waals surface area contributed by atoms with Gasteiger partial charge in [-0.05, 0) is 31.2 Å². The molecular weight excluding hydrogens is 276 g/mol. The molecule has 0 fully saturated rings. The molecule has 0 aliphatic heterocycles. The smallest absolute Gasteiger partial charge is 0.321 e. The molecule has 108 valence electrons. The Morgan fingerprint density at radius 3 is 2.70 bits per heavy atom. The van der Waals surface area contributed by atoms with E-state index in [9.17, 15) is 4.79 Å². The van der Waals surface area contributed by atoms with E-state index in [1.807, 2.05) is 30.7 Å². The molecule has 0 N–H and O–H groups in total. The lowest BCUT2D eigenvalue weighted by atomic mass is 9.82. The summed E-state index contributed by atoms with van der Waals surface area (Å²) in [6.45, 7) is 5.98. The van der Waals surface area contributed by atoms with Gasteiger partial charge in [0.15, 0.2) is 0 Å². The highest BCUT2D eigenvalue weighted by Gasteiger charge is 2.44. The molecule has 2 aromatic heterocycles.